The van der Waals surface area contributed by atoms with Crippen molar-refractivity contribution < 1.29 is 19.4 Å². The first-order chi connectivity index (χ1) is 9.52. The zero-order valence-corrected chi connectivity index (χ0v) is 12.3. The fourth-order valence-corrected chi connectivity index (χ4v) is 2.29. The van der Waals surface area contributed by atoms with Crippen molar-refractivity contribution in [3.05, 3.63) is 16.1 Å². The molecule has 0 fully saturated rings. The Balaban J connectivity index is 2.35. The highest BCUT2D eigenvalue weighted by Gasteiger charge is 2.19. The van der Waals surface area contributed by atoms with Crippen LogP contribution in [0.25, 0.3) is 0 Å². The Morgan fingerprint density at radius 2 is 2.30 bits per heavy atom. The number of carboxylic acid groups (broad SMARTS) is 1. The summed E-state index contributed by atoms with van der Waals surface area (Å²) in [7, 11) is 1.55. The molecule has 3 N–H and O–H groups in total. The molecule has 0 aliphatic heterocycles. The minimum atomic E-state index is -1.05. The number of urea groups is 1. The molecule has 1 heterocycles. The number of amides is 2. The van der Waals surface area contributed by atoms with E-state index in [1.807, 2.05) is 6.92 Å². The second-order valence-corrected chi connectivity index (χ2v) is 5.52. The van der Waals surface area contributed by atoms with Gasteiger partial charge in [-0.05, 0) is 19.8 Å². The quantitative estimate of drug-likeness (QED) is 0.625. The van der Waals surface area contributed by atoms with Gasteiger partial charge in [-0.3, -0.25) is 0 Å². The van der Waals surface area contributed by atoms with E-state index in [4.69, 9.17) is 9.84 Å². The van der Waals surface area contributed by atoms with Crippen LogP contribution in [0.3, 0.4) is 0 Å². The highest BCUT2D eigenvalue weighted by Crippen LogP contribution is 2.10. The maximum absolute atomic E-state index is 11.6. The normalized spacial score (nSPS) is 11.9. The van der Waals surface area contributed by atoms with Crippen molar-refractivity contribution in [3.63, 3.8) is 0 Å². The molecule has 20 heavy (non-hydrogen) atoms. The van der Waals surface area contributed by atoms with E-state index in [1.165, 1.54) is 11.3 Å². The van der Waals surface area contributed by atoms with Gasteiger partial charge in [0.15, 0.2) is 0 Å². The molecule has 0 aliphatic carbocycles. The SMILES string of the molecule is COCCCC(NC(=O)NCc1cnc(C)s1)C(=O)O. The van der Waals surface area contributed by atoms with Gasteiger partial charge in [0, 0.05) is 24.8 Å². The van der Waals surface area contributed by atoms with Crippen LogP contribution in [0.15, 0.2) is 6.20 Å². The first-order valence-corrected chi connectivity index (χ1v) is 7.02. The van der Waals surface area contributed by atoms with Crippen molar-refractivity contribution in [2.45, 2.75) is 32.4 Å². The third-order valence-electron chi connectivity index (χ3n) is 2.54. The fraction of sp³-hybridized carbons (Fsp3) is 0.583. The summed E-state index contributed by atoms with van der Waals surface area (Å²) >= 11 is 1.49. The van der Waals surface area contributed by atoms with Crippen molar-refractivity contribution in [3.8, 4) is 0 Å². The van der Waals surface area contributed by atoms with Gasteiger partial charge in [0.1, 0.15) is 6.04 Å². The monoisotopic (exact) mass is 301 g/mol. The molecule has 0 saturated heterocycles. The maximum atomic E-state index is 11.6. The van der Waals surface area contributed by atoms with Crippen molar-refractivity contribution in [1.29, 1.82) is 0 Å². The molecule has 7 nitrogen and oxygen atoms in total. The first-order valence-electron chi connectivity index (χ1n) is 6.20. The molecule has 112 valence electrons. The molecule has 0 radical (unpaired) electrons. The van der Waals surface area contributed by atoms with E-state index in [0.717, 1.165) is 9.88 Å². The van der Waals surface area contributed by atoms with Crippen LogP contribution in [0.1, 0.15) is 22.7 Å². The van der Waals surface area contributed by atoms with Gasteiger partial charge in [0.25, 0.3) is 0 Å². The highest BCUT2D eigenvalue weighted by molar-refractivity contribution is 7.11. The summed E-state index contributed by atoms with van der Waals surface area (Å²) in [5.74, 6) is -1.05. The maximum Gasteiger partial charge on any atom is 0.326 e. The molecular formula is C12H19N3O4S. The lowest BCUT2D eigenvalue weighted by Crippen LogP contribution is -2.45. The molecule has 1 aromatic rings. The molecule has 1 rings (SSSR count). The molecule has 0 aromatic carbocycles. The fourth-order valence-electron chi connectivity index (χ4n) is 1.55. The van der Waals surface area contributed by atoms with Crippen LogP contribution < -0.4 is 10.6 Å². The van der Waals surface area contributed by atoms with Gasteiger partial charge in [-0.1, -0.05) is 0 Å². The van der Waals surface area contributed by atoms with E-state index in [9.17, 15) is 9.59 Å². The Morgan fingerprint density at radius 3 is 2.85 bits per heavy atom. The molecule has 0 bridgehead atoms. The summed E-state index contributed by atoms with van der Waals surface area (Å²) in [5.41, 5.74) is 0. The number of hydrogen-bond donors (Lipinski definition) is 3. The average molecular weight is 301 g/mol. The number of aryl methyl sites for hydroxylation is 1. The first kappa shape index (κ1) is 16.4. The third-order valence-corrected chi connectivity index (χ3v) is 3.45. The van der Waals surface area contributed by atoms with Crippen molar-refractivity contribution >= 4 is 23.3 Å². The number of methoxy groups -OCH3 is 1. The third kappa shape index (κ3) is 5.98. The minimum absolute atomic E-state index is 0.330. The molecule has 0 spiro atoms. The van der Waals surface area contributed by atoms with E-state index < -0.39 is 18.0 Å². The Kier molecular flexibility index (Phi) is 6.96. The van der Waals surface area contributed by atoms with Crippen LogP contribution in [0, 0.1) is 6.92 Å². The van der Waals surface area contributed by atoms with E-state index in [1.54, 1.807) is 13.3 Å². The topological polar surface area (TPSA) is 101 Å². The second-order valence-electron chi connectivity index (χ2n) is 4.20. The van der Waals surface area contributed by atoms with Crippen molar-refractivity contribution in [2.24, 2.45) is 0 Å². The standard InChI is InChI=1S/C12H19N3O4S/c1-8-13-6-9(20-8)7-14-12(18)15-10(11(16)17)4-3-5-19-2/h6,10H,3-5,7H2,1-2H3,(H,16,17)(H2,14,15,18). The van der Waals surface area contributed by atoms with Crippen molar-refractivity contribution in [2.75, 3.05) is 13.7 Å². The van der Waals surface area contributed by atoms with E-state index in [2.05, 4.69) is 15.6 Å². The number of carboxylic acids is 1. The zero-order valence-electron chi connectivity index (χ0n) is 11.5. The summed E-state index contributed by atoms with van der Waals surface area (Å²) in [6.07, 6.45) is 2.59. The Morgan fingerprint density at radius 1 is 1.55 bits per heavy atom. The summed E-state index contributed by atoms with van der Waals surface area (Å²) in [6.45, 7) is 2.68. The minimum Gasteiger partial charge on any atom is -0.480 e. The largest absolute Gasteiger partial charge is 0.480 e. The van der Waals surface area contributed by atoms with E-state index in [0.29, 0.717) is 26.0 Å². The number of nitrogens with one attached hydrogen (secondary N) is 2. The van der Waals surface area contributed by atoms with Crippen LogP contribution in [-0.4, -0.2) is 41.8 Å². The Labute approximate surface area is 121 Å². The number of hydrogen-bond acceptors (Lipinski definition) is 5. The van der Waals surface area contributed by atoms with Gasteiger partial charge in [-0.2, -0.15) is 0 Å². The summed E-state index contributed by atoms with van der Waals surface area (Å²) in [4.78, 5) is 27.6. The smallest absolute Gasteiger partial charge is 0.326 e. The van der Waals surface area contributed by atoms with Crippen LogP contribution in [0.5, 0.6) is 0 Å². The van der Waals surface area contributed by atoms with E-state index in [-0.39, 0.29) is 0 Å². The molecule has 1 unspecified atom stereocenters. The second kappa shape index (κ2) is 8.49. The number of carbonyl (C=O) groups is 2. The van der Waals surface area contributed by atoms with E-state index >= 15 is 0 Å². The average Bonchev–Trinajstić information content (AvgIpc) is 2.81. The highest BCUT2D eigenvalue weighted by atomic mass is 32.1. The molecule has 0 saturated carbocycles. The molecular weight excluding hydrogens is 282 g/mol. The van der Waals surface area contributed by atoms with Gasteiger partial charge >= 0.3 is 12.0 Å². The van der Waals surface area contributed by atoms with Crippen LogP contribution in [-0.2, 0) is 16.1 Å². The van der Waals surface area contributed by atoms with Crippen LogP contribution in [0.4, 0.5) is 4.79 Å². The van der Waals surface area contributed by atoms with Crippen LogP contribution in [0.2, 0.25) is 0 Å². The van der Waals surface area contributed by atoms with Crippen molar-refractivity contribution in [1.82, 2.24) is 15.6 Å². The van der Waals surface area contributed by atoms with Gasteiger partial charge in [-0.25, -0.2) is 14.6 Å². The molecule has 0 aliphatic rings. The summed E-state index contributed by atoms with van der Waals surface area (Å²) < 4.78 is 4.86. The Hall–Kier alpha value is -1.67. The number of rotatable bonds is 8. The summed E-state index contributed by atoms with van der Waals surface area (Å²) in [6, 6.07) is -1.41. The van der Waals surface area contributed by atoms with Gasteiger partial charge < -0.3 is 20.5 Å². The predicted octanol–water partition coefficient (Wildman–Crippen LogP) is 1.13. The molecule has 1 aromatic heterocycles. The van der Waals surface area contributed by atoms with Gasteiger partial charge in [-0.15, -0.1) is 11.3 Å². The van der Waals surface area contributed by atoms with Crippen LogP contribution >= 0.6 is 11.3 Å². The Bertz CT molecular complexity index is 450. The predicted molar refractivity (Wildman–Crippen MR) is 74.8 cm³/mol. The number of nitrogens with zero attached hydrogens (tertiary/aromatic N) is 1. The summed E-state index contributed by atoms with van der Waals surface area (Å²) in [5, 5.41) is 15.0. The number of aromatic nitrogens is 1. The zero-order chi connectivity index (χ0) is 15.0. The number of aliphatic carboxylic acids is 1. The molecule has 1 atom stereocenters. The molecule has 2 amide bonds. The number of thiazole rings is 1. The lowest BCUT2D eigenvalue weighted by Gasteiger charge is -2.14. The number of ether oxygens (including phenoxy) is 1. The van der Waals surface area contributed by atoms with Gasteiger partial charge in [0.2, 0.25) is 0 Å². The lowest BCUT2D eigenvalue weighted by molar-refractivity contribution is -0.139. The number of carbonyl (C=O) groups excluding carboxylic acids is 1. The molecule has 8 heteroatoms. The van der Waals surface area contributed by atoms with Gasteiger partial charge in [0.05, 0.1) is 11.6 Å². The lowest BCUT2D eigenvalue weighted by atomic mass is 10.1.